The molecule has 2 aliphatic heterocycles. The molecule has 2 heterocycles. The monoisotopic (exact) mass is 202 g/mol. The molecule has 0 spiro atoms. The van der Waals surface area contributed by atoms with Gasteiger partial charge < -0.3 is 10.6 Å². The Labute approximate surface area is 82.1 Å². The molecule has 2 rings (SSSR count). The maximum atomic E-state index is 10.8. The highest BCUT2D eigenvalue weighted by molar-refractivity contribution is 7.86. The minimum Gasteiger partial charge on any atom is -0.314 e. The molecule has 0 aromatic heterocycles. The van der Waals surface area contributed by atoms with Crippen LogP contribution in [0.3, 0.4) is 0 Å². The third-order valence-electron chi connectivity index (χ3n) is 2.86. The third-order valence-corrected chi connectivity index (χ3v) is 4.41. The highest BCUT2D eigenvalue weighted by Gasteiger charge is 2.24. The van der Waals surface area contributed by atoms with Crippen LogP contribution in [0.15, 0.2) is 0 Å². The molecule has 2 fully saturated rings. The standard InChI is InChI=1S/C9H18N2OS/c12-13-6-9(7-13)11-5-3-8-2-1-4-10-8/h8-11H,1-7H2. The van der Waals surface area contributed by atoms with E-state index in [0.717, 1.165) is 24.1 Å². The summed E-state index contributed by atoms with van der Waals surface area (Å²) in [5.41, 5.74) is 0. The summed E-state index contributed by atoms with van der Waals surface area (Å²) in [6.45, 7) is 2.28. The number of hydrogen-bond donors (Lipinski definition) is 2. The van der Waals surface area contributed by atoms with Crippen molar-refractivity contribution in [2.45, 2.75) is 31.3 Å². The lowest BCUT2D eigenvalue weighted by molar-refractivity contribution is 0.488. The van der Waals surface area contributed by atoms with Crippen LogP contribution in [0.25, 0.3) is 0 Å². The van der Waals surface area contributed by atoms with E-state index < -0.39 is 10.8 Å². The van der Waals surface area contributed by atoms with Gasteiger partial charge in [0.2, 0.25) is 0 Å². The van der Waals surface area contributed by atoms with Crippen LogP contribution >= 0.6 is 0 Å². The molecule has 13 heavy (non-hydrogen) atoms. The molecule has 0 bridgehead atoms. The lowest BCUT2D eigenvalue weighted by Gasteiger charge is -2.26. The van der Waals surface area contributed by atoms with E-state index in [4.69, 9.17) is 0 Å². The van der Waals surface area contributed by atoms with Gasteiger partial charge in [0.1, 0.15) is 0 Å². The molecule has 2 saturated heterocycles. The fraction of sp³-hybridized carbons (Fsp3) is 1.00. The van der Waals surface area contributed by atoms with Gasteiger partial charge in [-0.2, -0.15) is 0 Å². The van der Waals surface area contributed by atoms with Crippen molar-refractivity contribution in [3.05, 3.63) is 0 Å². The summed E-state index contributed by atoms with van der Waals surface area (Å²) in [7, 11) is -0.506. The zero-order valence-electron chi connectivity index (χ0n) is 7.92. The van der Waals surface area contributed by atoms with Crippen LogP contribution in [0.5, 0.6) is 0 Å². The van der Waals surface area contributed by atoms with Crippen molar-refractivity contribution >= 4 is 10.8 Å². The van der Waals surface area contributed by atoms with Crippen molar-refractivity contribution in [3.63, 3.8) is 0 Å². The first-order valence-electron chi connectivity index (χ1n) is 5.16. The summed E-state index contributed by atoms with van der Waals surface area (Å²) in [4.78, 5) is 0. The topological polar surface area (TPSA) is 41.1 Å². The van der Waals surface area contributed by atoms with Crippen molar-refractivity contribution in [1.29, 1.82) is 0 Å². The number of nitrogens with one attached hydrogen (secondary N) is 2. The molecule has 1 unspecified atom stereocenters. The van der Waals surface area contributed by atoms with Gasteiger partial charge in [-0.25, -0.2) is 0 Å². The van der Waals surface area contributed by atoms with Gasteiger partial charge in [0.25, 0.3) is 0 Å². The number of rotatable bonds is 4. The van der Waals surface area contributed by atoms with E-state index in [0.29, 0.717) is 6.04 Å². The van der Waals surface area contributed by atoms with Crippen LogP contribution in [0.4, 0.5) is 0 Å². The molecule has 0 saturated carbocycles. The van der Waals surface area contributed by atoms with E-state index in [1.54, 1.807) is 0 Å². The maximum absolute atomic E-state index is 10.8. The average Bonchev–Trinajstić information content (AvgIpc) is 2.53. The fourth-order valence-corrected chi connectivity index (χ4v) is 3.02. The predicted molar refractivity (Wildman–Crippen MR) is 55.3 cm³/mol. The largest absolute Gasteiger partial charge is 0.314 e. The van der Waals surface area contributed by atoms with Gasteiger partial charge >= 0.3 is 0 Å². The molecule has 2 aliphatic rings. The smallest absolute Gasteiger partial charge is 0.0398 e. The van der Waals surface area contributed by atoms with E-state index >= 15 is 0 Å². The van der Waals surface area contributed by atoms with Gasteiger partial charge in [-0.1, -0.05) is 0 Å². The predicted octanol–water partition coefficient (Wildman–Crippen LogP) is -0.151. The average molecular weight is 202 g/mol. The molecule has 1 atom stereocenters. The molecular weight excluding hydrogens is 184 g/mol. The molecule has 0 aliphatic carbocycles. The normalized spacial score (nSPS) is 38.9. The Bertz CT molecular complexity index is 184. The van der Waals surface area contributed by atoms with Gasteiger partial charge in [0.05, 0.1) is 0 Å². The molecule has 0 radical (unpaired) electrons. The van der Waals surface area contributed by atoms with E-state index in [-0.39, 0.29) is 0 Å². The molecule has 4 heteroatoms. The Morgan fingerprint density at radius 1 is 1.46 bits per heavy atom. The van der Waals surface area contributed by atoms with Crippen LogP contribution in [0.1, 0.15) is 19.3 Å². The van der Waals surface area contributed by atoms with Crippen LogP contribution in [-0.4, -0.2) is 40.9 Å². The molecule has 2 N–H and O–H groups in total. The summed E-state index contributed by atoms with van der Waals surface area (Å²) in [5.74, 6) is 1.75. The molecular formula is C9H18N2OS. The lowest BCUT2D eigenvalue weighted by Crippen LogP contribution is -2.48. The van der Waals surface area contributed by atoms with E-state index in [2.05, 4.69) is 10.6 Å². The van der Waals surface area contributed by atoms with Crippen molar-refractivity contribution in [3.8, 4) is 0 Å². The van der Waals surface area contributed by atoms with Crippen molar-refractivity contribution in [1.82, 2.24) is 10.6 Å². The summed E-state index contributed by atoms with van der Waals surface area (Å²) in [6.07, 6.45) is 3.89. The summed E-state index contributed by atoms with van der Waals surface area (Å²) in [5, 5.41) is 6.92. The van der Waals surface area contributed by atoms with Crippen molar-refractivity contribution in [2.24, 2.45) is 0 Å². The second kappa shape index (κ2) is 4.53. The Kier molecular flexibility index (Phi) is 3.35. The first kappa shape index (κ1) is 9.62. The quantitative estimate of drug-likeness (QED) is 0.666. The molecule has 0 aromatic carbocycles. The minimum absolute atomic E-state index is 0.506. The minimum atomic E-state index is -0.506. The van der Waals surface area contributed by atoms with Gasteiger partial charge in [-0.15, -0.1) is 0 Å². The highest BCUT2D eigenvalue weighted by Crippen LogP contribution is 2.09. The van der Waals surface area contributed by atoms with Crippen LogP contribution in [0, 0.1) is 0 Å². The maximum Gasteiger partial charge on any atom is 0.0398 e. The SMILES string of the molecule is O=S1CC(NCCC2CCCN2)C1. The van der Waals surface area contributed by atoms with Crippen LogP contribution in [0.2, 0.25) is 0 Å². The zero-order chi connectivity index (χ0) is 9.10. The second-order valence-corrected chi connectivity index (χ2v) is 5.55. The van der Waals surface area contributed by atoms with Crippen LogP contribution in [-0.2, 0) is 10.8 Å². The summed E-state index contributed by atoms with van der Waals surface area (Å²) in [6, 6.07) is 1.28. The molecule has 0 aromatic rings. The van der Waals surface area contributed by atoms with Crippen molar-refractivity contribution < 1.29 is 4.21 Å². The summed E-state index contributed by atoms with van der Waals surface area (Å²) >= 11 is 0. The Morgan fingerprint density at radius 3 is 2.92 bits per heavy atom. The molecule has 0 amide bonds. The third kappa shape index (κ3) is 2.76. The lowest BCUT2D eigenvalue weighted by atomic mass is 10.1. The molecule has 3 nitrogen and oxygen atoms in total. The van der Waals surface area contributed by atoms with E-state index in [1.807, 2.05) is 0 Å². The Hall–Kier alpha value is 0.0700. The first-order chi connectivity index (χ1) is 6.34. The second-order valence-electron chi connectivity index (χ2n) is 4.01. The van der Waals surface area contributed by atoms with Gasteiger partial charge in [-0.3, -0.25) is 4.21 Å². The number of hydrogen-bond acceptors (Lipinski definition) is 3. The molecule has 76 valence electrons. The van der Waals surface area contributed by atoms with Crippen LogP contribution < -0.4 is 10.6 Å². The summed E-state index contributed by atoms with van der Waals surface area (Å²) < 4.78 is 10.8. The fourth-order valence-electron chi connectivity index (χ4n) is 1.98. The zero-order valence-corrected chi connectivity index (χ0v) is 8.74. The van der Waals surface area contributed by atoms with Gasteiger partial charge in [0, 0.05) is 34.4 Å². The highest BCUT2D eigenvalue weighted by atomic mass is 32.2. The van der Waals surface area contributed by atoms with E-state index in [9.17, 15) is 4.21 Å². The van der Waals surface area contributed by atoms with Gasteiger partial charge in [-0.05, 0) is 32.4 Å². The van der Waals surface area contributed by atoms with Crippen molar-refractivity contribution in [2.75, 3.05) is 24.6 Å². The Balaban J connectivity index is 1.51. The Morgan fingerprint density at radius 2 is 2.31 bits per heavy atom. The van der Waals surface area contributed by atoms with E-state index in [1.165, 1.54) is 25.8 Å². The first-order valence-corrected chi connectivity index (χ1v) is 6.65. The van der Waals surface area contributed by atoms with Gasteiger partial charge in [0.15, 0.2) is 0 Å².